The number of nitrogens with zero attached hydrogens (tertiary/aromatic N) is 2. The molecule has 0 amide bonds. The Kier molecular flexibility index (Phi) is 5.03. The second-order valence-electron chi connectivity index (χ2n) is 4.16. The number of aromatic carboxylic acids is 1. The van der Waals surface area contributed by atoms with Crippen LogP contribution in [0.25, 0.3) is 0 Å². The van der Waals surface area contributed by atoms with Gasteiger partial charge in [0.05, 0.1) is 0 Å². The first-order chi connectivity index (χ1) is 11.3. The van der Waals surface area contributed by atoms with Crippen LogP contribution in [0.15, 0.2) is 24.4 Å². The number of rotatable bonds is 3. The van der Waals surface area contributed by atoms with Crippen LogP contribution in [-0.2, 0) is 0 Å². The van der Waals surface area contributed by atoms with Crippen molar-refractivity contribution >= 4 is 29.1 Å². The van der Waals surface area contributed by atoms with E-state index in [-0.39, 0.29) is 33.9 Å². The lowest BCUT2D eigenvalue weighted by molar-refractivity contribution is -0.286. The Morgan fingerprint density at radius 1 is 1.29 bits per heavy atom. The molecule has 0 atom stereocenters. The average Bonchev–Trinajstić information content (AvgIpc) is 2.82. The standard InChI is InChI=1S/C12H6ClF2N3O4.C2H6/c13-11-16-4-6(10(19)20)9(18-11)17-5-1-2-7-8(3-5)22-12(14,15)21-7;1-2/h1-4H,(H,19,20)(H,16,17,18);1-2H3. The first kappa shape index (κ1) is 17.7. The Hall–Kier alpha value is -2.68. The topological polar surface area (TPSA) is 93.6 Å². The number of anilines is 2. The number of carbonyl (C=O) groups is 1. The zero-order valence-electron chi connectivity index (χ0n) is 12.5. The Morgan fingerprint density at radius 2 is 1.96 bits per heavy atom. The van der Waals surface area contributed by atoms with E-state index in [1.165, 1.54) is 18.2 Å². The molecule has 10 heteroatoms. The van der Waals surface area contributed by atoms with Gasteiger partial charge in [-0.3, -0.25) is 0 Å². The monoisotopic (exact) mass is 359 g/mol. The summed E-state index contributed by atoms with van der Waals surface area (Å²) in [7, 11) is 0. The molecule has 2 N–H and O–H groups in total. The van der Waals surface area contributed by atoms with Crippen LogP contribution in [0.1, 0.15) is 24.2 Å². The summed E-state index contributed by atoms with van der Waals surface area (Å²) in [4.78, 5) is 18.4. The van der Waals surface area contributed by atoms with Gasteiger partial charge in [0.25, 0.3) is 0 Å². The van der Waals surface area contributed by atoms with Gasteiger partial charge in [-0.25, -0.2) is 9.78 Å². The zero-order valence-corrected chi connectivity index (χ0v) is 13.3. The fraction of sp³-hybridized carbons (Fsp3) is 0.214. The van der Waals surface area contributed by atoms with Crippen LogP contribution in [0.2, 0.25) is 5.28 Å². The highest BCUT2D eigenvalue weighted by atomic mass is 35.5. The van der Waals surface area contributed by atoms with E-state index < -0.39 is 12.3 Å². The molecular weight excluding hydrogens is 348 g/mol. The van der Waals surface area contributed by atoms with Gasteiger partial charge in [0.1, 0.15) is 11.4 Å². The van der Waals surface area contributed by atoms with Crippen LogP contribution in [0.3, 0.4) is 0 Å². The second-order valence-corrected chi connectivity index (χ2v) is 4.50. The Labute approximate surface area is 140 Å². The van der Waals surface area contributed by atoms with Crippen molar-refractivity contribution in [2.45, 2.75) is 20.1 Å². The second kappa shape index (κ2) is 6.83. The van der Waals surface area contributed by atoms with Gasteiger partial charge in [0.15, 0.2) is 11.5 Å². The van der Waals surface area contributed by atoms with Crippen molar-refractivity contribution in [1.29, 1.82) is 0 Å². The van der Waals surface area contributed by atoms with Crippen molar-refractivity contribution in [3.8, 4) is 11.5 Å². The maximum absolute atomic E-state index is 12.9. The molecule has 1 aliphatic rings. The number of fused-ring (bicyclic) bond motifs is 1. The van der Waals surface area contributed by atoms with Crippen LogP contribution in [0, 0.1) is 0 Å². The van der Waals surface area contributed by atoms with Crippen molar-refractivity contribution in [2.24, 2.45) is 0 Å². The van der Waals surface area contributed by atoms with E-state index in [4.69, 9.17) is 16.7 Å². The van der Waals surface area contributed by atoms with Crippen LogP contribution >= 0.6 is 11.6 Å². The summed E-state index contributed by atoms with van der Waals surface area (Å²) in [5.41, 5.74) is 0.0321. The Balaban J connectivity index is 0.00000100. The molecule has 7 nitrogen and oxygen atoms in total. The van der Waals surface area contributed by atoms with Crippen LogP contribution in [0.5, 0.6) is 11.5 Å². The minimum Gasteiger partial charge on any atom is -0.477 e. The van der Waals surface area contributed by atoms with Crippen molar-refractivity contribution in [3.05, 3.63) is 35.2 Å². The average molecular weight is 360 g/mol. The van der Waals surface area contributed by atoms with Gasteiger partial charge in [-0.1, -0.05) is 13.8 Å². The zero-order chi connectivity index (χ0) is 17.9. The lowest BCUT2D eigenvalue weighted by Gasteiger charge is -2.08. The minimum absolute atomic E-state index is 0.0851. The summed E-state index contributed by atoms with van der Waals surface area (Å²) in [5.74, 6) is -1.67. The molecule has 0 fully saturated rings. The summed E-state index contributed by atoms with van der Waals surface area (Å²) in [6.45, 7) is 4.00. The highest BCUT2D eigenvalue weighted by Gasteiger charge is 2.43. The third-order valence-electron chi connectivity index (χ3n) is 2.65. The Morgan fingerprint density at radius 3 is 2.62 bits per heavy atom. The molecule has 128 valence electrons. The molecule has 1 aliphatic heterocycles. The fourth-order valence-electron chi connectivity index (χ4n) is 1.78. The highest BCUT2D eigenvalue weighted by Crippen LogP contribution is 2.42. The van der Waals surface area contributed by atoms with Crippen molar-refractivity contribution in [1.82, 2.24) is 9.97 Å². The van der Waals surface area contributed by atoms with E-state index in [2.05, 4.69) is 24.8 Å². The summed E-state index contributed by atoms with van der Waals surface area (Å²) in [6.07, 6.45) is -2.70. The smallest absolute Gasteiger partial charge is 0.477 e. The summed E-state index contributed by atoms with van der Waals surface area (Å²) in [5, 5.41) is 11.5. The van der Waals surface area contributed by atoms with Crippen LogP contribution in [0.4, 0.5) is 20.3 Å². The normalized spacial score (nSPS) is 13.7. The number of hydrogen-bond acceptors (Lipinski definition) is 6. The molecule has 0 spiro atoms. The number of carboxylic acids is 1. The number of aromatic nitrogens is 2. The third kappa shape index (κ3) is 3.80. The van der Waals surface area contributed by atoms with E-state index >= 15 is 0 Å². The third-order valence-corrected chi connectivity index (χ3v) is 2.84. The highest BCUT2D eigenvalue weighted by molar-refractivity contribution is 6.28. The molecule has 1 aromatic carbocycles. The van der Waals surface area contributed by atoms with Crippen molar-refractivity contribution < 1.29 is 28.2 Å². The number of hydrogen-bond donors (Lipinski definition) is 2. The lowest BCUT2D eigenvalue weighted by atomic mass is 10.2. The van der Waals surface area contributed by atoms with Gasteiger partial charge < -0.3 is 19.9 Å². The maximum Gasteiger partial charge on any atom is 0.586 e. The number of nitrogens with one attached hydrogen (secondary N) is 1. The predicted octanol–water partition coefficient (Wildman–Crippen LogP) is 3.92. The van der Waals surface area contributed by atoms with E-state index in [9.17, 15) is 13.6 Å². The number of carboxylic acid groups (broad SMARTS) is 1. The molecular formula is C14H12ClF2N3O4. The van der Waals surface area contributed by atoms with Crippen molar-refractivity contribution in [3.63, 3.8) is 0 Å². The molecule has 0 saturated carbocycles. The van der Waals surface area contributed by atoms with Gasteiger partial charge in [-0.05, 0) is 23.7 Å². The number of benzene rings is 1. The molecule has 1 aromatic heterocycles. The molecule has 0 radical (unpaired) electrons. The molecule has 0 bridgehead atoms. The molecule has 24 heavy (non-hydrogen) atoms. The van der Waals surface area contributed by atoms with Gasteiger partial charge in [-0.2, -0.15) is 4.98 Å². The van der Waals surface area contributed by atoms with Crippen molar-refractivity contribution in [2.75, 3.05) is 5.32 Å². The van der Waals surface area contributed by atoms with E-state index in [0.29, 0.717) is 0 Å². The maximum atomic E-state index is 12.9. The summed E-state index contributed by atoms with van der Waals surface area (Å²) in [6, 6.07) is 3.87. The largest absolute Gasteiger partial charge is 0.586 e. The summed E-state index contributed by atoms with van der Waals surface area (Å²) < 4.78 is 34.4. The van der Waals surface area contributed by atoms with Crippen LogP contribution in [-0.4, -0.2) is 27.3 Å². The molecule has 0 unspecified atom stereocenters. The first-order valence-electron chi connectivity index (χ1n) is 6.77. The molecule has 2 aromatic rings. The molecule has 0 saturated heterocycles. The fourth-order valence-corrected chi connectivity index (χ4v) is 1.91. The molecule has 0 aliphatic carbocycles. The van der Waals surface area contributed by atoms with Gasteiger partial charge in [-0.15, -0.1) is 8.78 Å². The van der Waals surface area contributed by atoms with Gasteiger partial charge in [0.2, 0.25) is 5.28 Å². The van der Waals surface area contributed by atoms with Gasteiger partial charge in [0, 0.05) is 18.0 Å². The first-order valence-corrected chi connectivity index (χ1v) is 7.14. The SMILES string of the molecule is CC.O=C(O)c1cnc(Cl)nc1Nc1ccc2c(c1)OC(F)(F)O2. The van der Waals surface area contributed by atoms with E-state index in [0.717, 1.165) is 6.20 Å². The number of halogens is 3. The molecule has 3 rings (SSSR count). The quantitative estimate of drug-likeness (QED) is 0.802. The summed E-state index contributed by atoms with van der Waals surface area (Å²) >= 11 is 5.62. The van der Waals surface area contributed by atoms with E-state index in [1.54, 1.807) is 0 Å². The lowest BCUT2D eigenvalue weighted by Crippen LogP contribution is -2.25. The van der Waals surface area contributed by atoms with E-state index in [1.807, 2.05) is 13.8 Å². The predicted molar refractivity (Wildman–Crippen MR) is 81.3 cm³/mol. The Bertz CT molecular complexity index is 774. The molecule has 2 heterocycles. The number of ether oxygens (including phenoxy) is 2. The minimum atomic E-state index is -3.73. The van der Waals surface area contributed by atoms with Gasteiger partial charge >= 0.3 is 12.3 Å². The van der Waals surface area contributed by atoms with Crippen LogP contribution < -0.4 is 14.8 Å². The number of alkyl halides is 2.